The molecule has 0 radical (unpaired) electrons. The second kappa shape index (κ2) is 8.10. The molecular weight excluding hydrogens is 316 g/mol. The van der Waals surface area contributed by atoms with Crippen LogP contribution in [-0.4, -0.2) is 30.6 Å². The second-order valence-corrected chi connectivity index (χ2v) is 5.58. The third-order valence-corrected chi connectivity index (χ3v) is 3.84. The quantitative estimate of drug-likeness (QED) is 0.797. The van der Waals surface area contributed by atoms with Crippen LogP contribution in [0.25, 0.3) is 0 Å². The molecule has 3 rings (SSSR count). The van der Waals surface area contributed by atoms with Gasteiger partial charge >= 0.3 is 0 Å². The van der Waals surface area contributed by atoms with Crippen molar-refractivity contribution in [2.24, 2.45) is 5.73 Å². The van der Waals surface area contributed by atoms with Crippen LogP contribution in [0.2, 0.25) is 0 Å². The molecule has 0 fully saturated rings. The number of hydrogen-bond acceptors (Lipinski definition) is 4. The third-order valence-electron chi connectivity index (χ3n) is 3.84. The number of aryl methyl sites for hydroxylation is 1. The largest absolute Gasteiger partial charge is 0.376 e. The lowest BCUT2D eigenvalue weighted by atomic mass is 10.1. The van der Waals surface area contributed by atoms with Crippen molar-refractivity contribution in [1.82, 2.24) is 0 Å². The standard InChI is InChI=1S/C10H10N2O.C9H12N2O/c1-2-12-8-6-4-3-5-7(8)9(11)10(12)13;1-7-4-2-3-5-8(7)11-6-9(10)12/h3-6,11H,2H2,1H3;2-5,11H,6H2,1H3,(H2,10,12). The predicted octanol–water partition coefficient (Wildman–Crippen LogP) is 2.31. The molecule has 0 bridgehead atoms. The Kier molecular flexibility index (Phi) is 5.89. The second-order valence-electron chi connectivity index (χ2n) is 5.58. The molecule has 0 unspecified atom stereocenters. The van der Waals surface area contributed by atoms with E-state index in [4.69, 9.17) is 11.1 Å². The van der Waals surface area contributed by atoms with Crippen molar-refractivity contribution in [2.45, 2.75) is 13.8 Å². The van der Waals surface area contributed by atoms with Gasteiger partial charge in [0.1, 0.15) is 5.71 Å². The Morgan fingerprint density at radius 2 is 1.80 bits per heavy atom. The molecule has 0 atom stereocenters. The SMILES string of the molecule is CCN1C(=O)C(=N)c2ccccc21.Cc1ccccc1NCC(N)=O. The van der Waals surface area contributed by atoms with Crippen LogP contribution in [-0.2, 0) is 9.59 Å². The van der Waals surface area contributed by atoms with E-state index in [2.05, 4.69) is 5.32 Å². The van der Waals surface area contributed by atoms with Gasteiger partial charge in [0.05, 0.1) is 12.2 Å². The number of amides is 2. The summed E-state index contributed by atoms with van der Waals surface area (Å²) in [5.74, 6) is -0.540. The maximum Gasteiger partial charge on any atom is 0.276 e. The van der Waals surface area contributed by atoms with Gasteiger partial charge in [0.15, 0.2) is 0 Å². The molecule has 0 spiro atoms. The lowest BCUT2D eigenvalue weighted by molar-refractivity contribution is -0.116. The van der Waals surface area contributed by atoms with Crippen molar-refractivity contribution < 1.29 is 9.59 Å². The summed E-state index contributed by atoms with van der Waals surface area (Å²) in [6, 6.07) is 15.2. The zero-order valence-corrected chi connectivity index (χ0v) is 14.4. The van der Waals surface area contributed by atoms with E-state index in [1.807, 2.05) is 62.4 Å². The van der Waals surface area contributed by atoms with Crippen LogP contribution >= 0.6 is 0 Å². The fraction of sp³-hybridized carbons (Fsp3) is 0.211. The first-order valence-corrected chi connectivity index (χ1v) is 8.03. The van der Waals surface area contributed by atoms with Crippen molar-refractivity contribution in [2.75, 3.05) is 23.3 Å². The molecule has 2 amide bonds. The number of benzene rings is 2. The van der Waals surface area contributed by atoms with Gasteiger partial charge in [-0.15, -0.1) is 0 Å². The molecule has 0 saturated heterocycles. The van der Waals surface area contributed by atoms with Crippen LogP contribution in [0, 0.1) is 12.3 Å². The van der Waals surface area contributed by atoms with Gasteiger partial charge in [0.2, 0.25) is 5.91 Å². The van der Waals surface area contributed by atoms with E-state index in [1.165, 1.54) is 0 Å². The minimum absolute atomic E-state index is 0.109. The average Bonchev–Trinajstić information content (AvgIpc) is 2.85. The Hall–Kier alpha value is -3.15. The molecule has 0 aliphatic carbocycles. The molecule has 4 N–H and O–H groups in total. The van der Waals surface area contributed by atoms with E-state index in [0.717, 1.165) is 22.5 Å². The fourth-order valence-electron chi connectivity index (χ4n) is 2.55. The van der Waals surface area contributed by atoms with E-state index in [1.54, 1.807) is 4.90 Å². The maximum atomic E-state index is 11.5. The molecule has 1 aliphatic heterocycles. The molecule has 2 aromatic carbocycles. The first-order valence-electron chi connectivity index (χ1n) is 8.03. The summed E-state index contributed by atoms with van der Waals surface area (Å²) in [5, 5.41) is 10.5. The molecule has 0 saturated carbocycles. The summed E-state index contributed by atoms with van der Waals surface area (Å²) in [6.07, 6.45) is 0. The Labute approximate surface area is 147 Å². The molecule has 130 valence electrons. The molecule has 1 heterocycles. The molecule has 2 aromatic rings. The van der Waals surface area contributed by atoms with Gasteiger partial charge in [-0.2, -0.15) is 0 Å². The number of para-hydroxylation sites is 2. The van der Waals surface area contributed by atoms with Crippen LogP contribution in [0.15, 0.2) is 48.5 Å². The number of carbonyl (C=O) groups is 2. The summed E-state index contributed by atoms with van der Waals surface area (Å²) in [7, 11) is 0. The van der Waals surface area contributed by atoms with Crippen molar-refractivity contribution in [3.8, 4) is 0 Å². The Bertz CT molecular complexity index is 802. The topological polar surface area (TPSA) is 99.3 Å². The molecule has 1 aliphatic rings. The van der Waals surface area contributed by atoms with Crippen molar-refractivity contribution in [1.29, 1.82) is 5.41 Å². The Morgan fingerprint density at radius 3 is 2.44 bits per heavy atom. The monoisotopic (exact) mass is 338 g/mol. The first kappa shape index (κ1) is 18.2. The van der Waals surface area contributed by atoms with E-state index >= 15 is 0 Å². The zero-order valence-electron chi connectivity index (χ0n) is 14.4. The lowest BCUT2D eigenvalue weighted by Gasteiger charge is -2.12. The first-order chi connectivity index (χ1) is 12.0. The van der Waals surface area contributed by atoms with Crippen LogP contribution < -0.4 is 16.0 Å². The maximum absolute atomic E-state index is 11.5. The Morgan fingerprint density at radius 1 is 1.16 bits per heavy atom. The summed E-state index contributed by atoms with van der Waals surface area (Å²) < 4.78 is 0. The molecule has 25 heavy (non-hydrogen) atoms. The van der Waals surface area contributed by atoms with E-state index in [9.17, 15) is 9.59 Å². The number of nitrogens with two attached hydrogens (primary N) is 1. The normalized spacial score (nSPS) is 12.3. The highest BCUT2D eigenvalue weighted by molar-refractivity contribution is 6.53. The minimum Gasteiger partial charge on any atom is -0.376 e. The molecular formula is C19H22N4O2. The molecule has 0 aromatic heterocycles. The number of anilines is 2. The van der Waals surface area contributed by atoms with Gasteiger partial charge < -0.3 is 16.0 Å². The number of carbonyl (C=O) groups excluding carboxylic acids is 2. The summed E-state index contributed by atoms with van der Waals surface area (Å²) in [4.78, 5) is 23.6. The average molecular weight is 338 g/mol. The van der Waals surface area contributed by atoms with Crippen molar-refractivity contribution in [3.63, 3.8) is 0 Å². The molecule has 6 nitrogen and oxygen atoms in total. The van der Waals surface area contributed by atoms with Gasteiger partial charge in [-0.25, -0.2) is 0 Å². The summed E-state index contributed by atoms with van der Waals surface area (Å²) in [6.45, 7) is 4.69. The van der Waals surface area contributed by atoms with Crippen LogP contribution in [0.1, 0.15) is 18.1 Å². The predicted molar refractivity (Wildman–Crippen MR) is 100 cm³/mol. The third kappa shape index (κ3) is 4.23. The number of primary amides is 1. The van der Waals surface area contributed by atoms with Gasteiger partial charge in [0.25, 0.3) is 5.91 Å². The number of nitrogens with one attached hydrogen (secondary N) is 2. The van der Waals surface area contributed by atoms with Crippen molar-refractivity contribution in [3.05, 3.63) is 59.7 Å². The van der Waals surface area contributed by atoms with Gasteiger partial charge in [-0.05, 0) is 31.5 Å². The smallest absolute Gasteiger partial charge is 0.276 e. The number of rotatable bonds is 4. The van der Waals surface area contributed by atoms with Gasteiger partial charge in [0, 0.05) is 17.8 Å². The molecule has 6 heteroatoms. The summed E-state index contributed by atoms with van der Waals surface area (Å²) >= 11 is 0. The number of fused-ring (bicyclic) bond motifs is 1. The lowest BCUT2D eigenvalue weighted by Crippen LogP contribution is -2.29. The summed E-state index contributed by atoms with van der Waals surface area (Å²) in [5.41, 5.74) is 8.77. The number of likely N-dealkylation sites (N-methyl/N-ethyl adjacent to an activating group) is 1. The van der Waals surface area contributed by atoms with Gasteiger partial charge in [-0.1, -0.05) is 36.4 Å². The highest BCUT2D eigenvalue weighted by Crippen LogP contribution is 2.27. The van der Waals surface area contributed by atoms with Crippen LogP contribution in [0.5, 0.6) is 0 Å². The number of hydrogen-bond donors (Lipinski definition) is 3. The number of nitrogens with zero attached hydrogens (tertiary/aromatic N) is 1. The minimum atomic E-state index is -0.349. The van der Waals surface area contributed by atoms with E-state index < -0.39 is 0 Å². The highest BCUT2D eigenvalue weighted by Gasteiger charge is 2.30. The van der Waals surface area contributed by atoms with Crippen LogP contribution in [0.4, 0.5) is 11.4 Å². The van der Waals surface area contributed by atoms with Crippen LogP contribution in [0.3, 0.4) is 0 Å². The fourth-order valence-corrected chi connectivity index (χ4v) is 2.55. The highest BCUT2D eigenvalue weighted by atomic mass is 16.2. The van der Waals surface area contributed by atoms with Gasteiger partial charge in [-0.3, -0.25) is 15.0 Å². The Balaban J connectivity index is 0.000000181. The van der Waals surface area contributed by atoms with E-state index in [0.29, 0.717) is 6.54 Å². The zero-order chi connectivity index (χ0) is 18.4. The van der Waals surface area contributed by atoms with Crippen molar-refractivity contribution >= 4 is 28.9 Å². The van der Waals surface area contributed by atoms with E-state index in [-0.39, 0.29) is 24.1 Å².